The van der Waals surface area contributed by atoms with Gasteiger partial charge < -0.3 is 19.1 Å². The Morgan fingerprint density at radius 2 is 2.16 bits per heavy atom. The molecule has 4 atom stereocenters. The van der Waals surface area contributed by atoms with Gasteiger partial charge in [-0.3, -0.25) is 18.9 Å². The van der Waals surface area contributed by atoms with Crippen LogP contribution in [-0.2, 0) is 27.8 Å². The molecule has 1 saturated heterocycles. The minimum absolute atomic E-state index is 0.0860. The van der Waals surface area contributed by atoms with Crippen LogP contribution >= 0.6 is 7.82 Å². The first-order valence-electron chi connectivity index (χ1n) is 9.65. The largest absolute Gasteiger partial charge is 0.510 e. The summed E-state index contributed by atoms with van der Waals surface area (Å²) in [5.74, 6) is -1.23. The van der Waals surface area contributed by atoms with E-state index in [4.69, 9.17) is 9.26 Å². The molecule has 12 nitrogen and oxygen atoms in total. The van der Waals surface area contributed by atoms with E-state index in [1.807, 2.05) is 0 Å². The predicted octanol–water partition coefficient (Wildman–Crippen LogP) is 2.36. The van der Waals surface area contributed by atoms with Crippen molar-refractivity contribution >= 4 is 14.0 Å². The molecule has 0 aliphatic carbocycles. The summed E-state index contributed by atoms with van der Waals surface area (Å²) >= 11 is 0. The third kappa shape index (κ3) is 6.84. The monoisotopic (exact) mass is 480 g/mol. The van der Waals surface area contributed by atoms with Crippen molar-refractivity contribution in [3.63, 3.8) is 0 Å². The maximum absolute atomic E-state index is 14.3. The van der Waals surface area contributed by atoms with Crippen LogP contribution in [-0.4, -0.2) is 45.7 Å². The lowest BCUT2D eigenvalue weighted by atomic mass is 9.91. The van der Waals surface area contributed by atoms with E-state index >= 15 is 0 Å². The average Bonchev–Trinajstić information content (AvgIpc) is 2.98. The van der Waals surface area contributed by atoms with Gasteiger partial charge in [0, 0.05) is 24.6 Å². The van der Waals surface area contributed by atoms with Crippen molar-refractivity contribution in [3.05, 3.63) is 45.5 Å². The van der Waals surface area contributed by atoms with Gasteiger partial charge in [0.15, 0.2) is 0 Å². The van der Waals surface area contributed by atoms with Crippen LogP contribution in [0, 0.1) is 5.92 Å². The lowest BCUT2D eigenvalue weighted by molar-refractivity contribution is -0.0787. The molecule has 32 heavy (non-hydrogen) atoms. The average molecular weight is 480 g/mol. The second kappa shape index (κ2) is 10.5. The third-order valence-corrected chi connectivity index (χ3v) is 5.53. The van der Waals surface area contributed by atoms with Crippen LogP contribution < -0.4 is 11.2 Å². The van der Waals surface area contributed by atoms with Crippen LogP contribution in [0.3, 0.4) is 0 Å². The zero-order valence-corrected chi connectivity index (χ0v) is 18.7. The maximum Gasteiger partial charge on any atom is 0.510 e. The van der Waals surface area contributed by atoms with Crippen molar-refractivity contribution < 1.29 is 41.9 Å². The van der Waals surface area contributed by atoms with E-state index in [2.05, 4.69) is 25.6 Å². The number of halogens is 1. The highest BCUT2D eigenvalue weighted by Crippen LogP contribution is 2.48. The van der Waals surface area contributed by atoms with Gasteiger partial charge >= 0.3 is 19.7 Å². The quantitative estimate of drug-likeness (QED) is 0.290. The number of hydrogen-bond acceptors (Lipinski definition) is 9. The van der Waals surface area contributed by atoms with Gasteiger partial charge in [0.1, 0.15) is 17.7 Å². The molecule has 2 heterocycles. The van der Waals surface area contributed by atoms with Gasteiger partial charge in [0.25, 0.3) is 5.56 Å². The number of nitrogens with zero attached hydrogens (tertiary/aromatic N) is 1. The van der Waals surface area contributed by atoms with E-state index in [1.165, 1.54) is 6.20 Å². The Hall–Kier alpha value is -2.31. The minimum atomic E-state index is -4.64. The standard InChI is InChI=1S/C18H26FN2O10P/c1-11(2)30-17(24)27-10-29-32(25,26)28-8-6-18(13(4)19)9-12(3)15(31-18)21-7-5-14(22)20-16(21)23/h5,7,11-12,15H,4,6,8-10H2,1-3H3,(H,25,26)(H,20,22,23)/t12-,15+,18+/m0/s1. The summed E-state index contributed by atoms with van der Waals surface area (Å²) in [6, 6.07) is 1.13. The Morgan fingerprint density at radius 3 is 2.75 bits per heavy atom. The van der Waals surface area contributed by atoms with Crippen molar-refractivity contribution in [1.82, 2.24) is 9.55 Å². The van der Waals surface area contributed by atoms with Crippen molar-refractivity contribution in [2.45, 2.75) is 51.5 Å². The molecular formula is C18H26FN2O10P. The molecule has 0 amide bonds. The van der Waals surface area contributed by atoms with Crippen LogP contribution in [0.1, 0.15) is 39.8 Å². The second-order valence-electron chi connectivity index (χ2n) is 7.47. The van der Waals surface area contributed by atoms with Gasteiger partial charge in [0.2, 0.25) is 6.79 Å². The Bertz CT molecular complexity index is 992. The SMILES string of the molecule is C=C(F)[C@@]1(CCOP(=O)(O)OCOC(=O)OC(C)C)C[C@H](C)[C@H](n2ccc(=O)[nH]c2=O)O1. The molecule has 1 aliphatic rings. The fraction of sp³-hybridized carbons (Fsp3) is 0.611. The molecule has 0 saturated carbocycles. The van der Waals surface area contributed by atoms with E-state index in [-0.39, 0.29) is 18.8 Å². The lowest BCUT2D eigenvalue weighted by Gasteiger charge is -2.28. The number of nitrogens with one attached hydrogen (secondary N) is 1. The summed E-state index contributed by atoms with van der Waals surface area (Å²) in [5.41, 5.74) is -2.92. The summed E-state index contributed by atoms with van der Waals surface area (Å²) in [4.78, 5) is 46.3. The maximum atomic E-state index is 14.3. The lowest BCUT2D eigenvalue weighted by Crippen LogP contribution is -2.35. The number of hydrogen-bond donors (Lipinski definition) is 2. The molecule has 0 radical (unpaired) electrons. The number of aromatic amines is 1. The molecule has 2 N–H and O–H groups in total. The number of H-pyrrole nitrogens is 1. The Labute approximate surface area is 182 Å². The number of ether oxygens (including phenoxy) is 3. The fourth-order valence-corrected chi connectivity index (χ4v) is 3.76. The van der Waals surface area contributed by atoms with Crippen LogP contribution in [0.15, 0.2) is 34.3 Å². The molecule has 14 heteroatoms. The number of aromatic nitrogens is 2. The highest BCUT2D eigenvalue weighted by molar-refractivity contribution is 7.47. The number of carbonyl (C=O) groups excluding carboxylic acids is 1. The van der Waals surface area contributed by atoms with Gasteiger partial charge in [-0.15, -0.1) is 0 Å². The molecule has 180 valence electrons. The summed E-state index contributed by atoms with van der Waals surface area (Å²) < 4.78 is 51.6. The van der Waals surface area contributed by atoms with Crippen LogP contribution in [0.2, 0.25) is 0 Å². The van der Waals surface area contributed by atoms with Gasteiger partial charge in [-0.25, -0.2) is 23.1 Å². The van der Waals surface area contributed by atoms with Crippen LogP contribution in [0.25, 0.3) is 0 Å². The summed E-state index contributed by atoms with van der Waals surface area (Å²) in [6.45, 7) is 6.79. The molecule has 1 unspecified atom stereocenters. The van der Waals surface area contributed by atoms with Gasteiger partial charge in [-0.05, 0) is 20.3 Å². The second-order valence-corrected chi connectivity index (χ2v) is 8.92. The molecule has 1 aromatic rings. The molecule has 0 spiro atoms. The van der Waals surface area contributed by atoms with E-state index in [9.17, 15) is 28.2 Å². The van der Waals surface area contributed by atoms with E-state index in [1.54, 1.807) is 20.8 Å². The summed E-state index contributed by atoms with van der Waals surface area (Å²) in [6.07, 6.45) is -1.37. The van der Waals surface area contributed by atoms with Crippen molar-refractivity contribution in [1.29, 1.82) is 0 Å². The minimum Gasteiger partial charge on any atom is -0.432 e. The van der Waals surface area contributed by atoms with Gasteiger partial charge in [-0.1, -0.05) is 13.5 Å². The number of phosphoric acid groups is 1. The van der Waals surface area contributed by atoms with E-state index in [0.717, 1.165) is 10.6 Å². The van der Waals surface area contributed by atoms with E-state index < -0.39 is 62.4 Å². The van der Waals surface area contributed by atoms with E-state index in [0.29, 0.717) is 0 Å². The molecule has 0 bridgehead atoms. The molecule has 2 rings (SSSR count). The van der Waals surface area contributed by atoms with Crippen molar-refractivity contribution in [2.75, 3.05) is 13.4 Å². The Kier molecular flexibility index (Phi) is 8.54. The molecule has 1 fully saturated rings. The molecule has 0 aromatic carbocycles. The first-order valence-corrected chi connectivity index (χ1v) is 11.1. The fourth-order valence-electron chi connectivity index (χ4n) is 3.18. The number of carbonyl (C=O) groups is 1. The first kappa shape index (κ1) is 25.9. The highest BCUT2D eigenvalue weighted by atomic mass is 31.2. The number of phosphoric ester groups is 1. The van der Waals surface area contributed by atoms with Gasteiger partial charge in [0.05, 0.1) is 12.7 Å². The topological polar surface area (TPSA) is 155 Å². The molecule has 1 aliphatic heterocycles. The molecular weight excluding hydrogens is 454 g/mol. The highest BCUT2D eigenvalue weighted by Gasteiger charge is 2.48. The third-order valence-electron chi connectivity index (χ3n) is 4.59. The summed E-state index contributed by atoms with van der Waals surface area (Å²) in [7, 11) is -4.64. The normalized spacial score (nSPS) is 24.8. The van der Waals surface area contributed by atoms with Crippen molar-refractivity contribution in [3.8, 4) is 0 Å². The smallest absolute Gasteiger partial charge is 0.432 e. The zero-order valence-electron chi connectivity index (χ0n) is 17.8. The van der Waals surface area contributed by atoms with Gasteiger partial charge in [-0.2, -0.15) is 0 Å². The zero-order chi connectivity index (χ0) is 24.1. The Morgan fingerprint density at radius 1 is 1.47 bits per heavy atom. The van der Waals surface area contributed by atoms with Crippen molar-refractivity contribution in [2.24, 2.45) is 5.92 Å². The summed E-state index contributed by atoms with van der Waals surface area (Å²) in [5, 5.41) is 0. The van der Waals surface area contributed by atoms with Crippen LogP contribution in [0.4, 0.5) is 9.18 Å². The Balaban J connectivity index is 1.96. The predicted molar refractivity (Wildman–Crippen MR) is 107 cm³/mol. The first-order chi connectivity index (χ1) is 14.8. The molecule has 1 aromatic heterocycles. The van der Waals surface area contributed by atoms with Crippen LogP contribution in [0.5, 0.6) is 0 Å². The number of rotatable bonds is 10.